The summed E-state index contributed by atoms with van der Waals surface area (Å²) >= 11 is -0.566. The van der Waals surface area contributed by atoms with Crippen LogP contribution in [-0.2, 0) is 9.53 Å². The molecule has 1 aliphatic heterocycles. The van der Waals surface area contributed by atoms with Crippen LogP contribution >= 0.6 is 0 Å². The van der Waals surface area contributed by atoms with Crippen molar-refractivity contribution in [3.63, 3.8) is 0 Å². The standard InChI is InChI=1S/C10H12FINO2/c11-3-7(13)12-8-4-1-5-6(2-4)10(14)15-9(5)8/h4-6,8-9,13H,1-3H2/q-1. The number of rotatable bonds is 3. The average Bonchev–Trinajstić information content (AvgIpc) is 2.81. The number of halogens is 2. The number of alkyl halides is 2. The van der Waals surface area contributed by atoms with Crippen LogP contribution in [0.1, 0.15) is 12.8 Å². The number of fused-ring (bicyclic) bond motifs is 1. The number of nitrogens with one attached hydrogen (secondary N) is 1. The van der Waals surface area contributed by atoms with Crippen molar-refractivity contribution >= 4 is 9.69 Å². The van der Waals surface area contributed by atoms with Crippen molar-refractivity contribution in [1.82, 2.24) is 0 Å². The molecular weight excluding hydrogens is 312 g/mol. The molecule has 0 amide bonds. The summed E-state index contributed by atoms with van der Waals surface area (Å²) in [5.41, 5.74) is 0. The molecule has 0 spiro atoms. The van der Waals surface area contributed by atoms with Gasteiger partial charge in [-0.1, -0.05) is 0 Å². The second-order valence-electron chi connectivity index (χ2n) is 4.50. The van der Waals surface area contributed by atoms with E-state index in [1.807, 2.05) is 0 Å². The van der Waals surface area contributed by atoms with E-state index in [4.69, 9.17) is 10.1 Å². The fourth-order valence-corrected chi connectivity index (χ4v) is 6.38. The quantitative estimate of drug-likeness (QED) is 0.282. The van der Waals surface area contributed by atoms with Gasteiger partial charge in [-0.05, 0) is 0 Å². The first-order valence-corrected chi connectivity index (χ1v) is 7.50. The van der Waals surface area contributed by atoms with E-state index in [1.165, 1.54) is 0 Å². The molecule has 1 N–H and O–H groups in total. The Kier molecular flexibility index (Phi) is 2.26. The Hall–Kier alpha value is -0.200. The minimum absolute atomic E-state index is 0.0363. The van der Waals surface area contributed by atoms with Crippen molar-refractivity contribution in [2.75, 3.05) is 6.67 Å². The van der Waals surface area contributed by atoms with Crippen LogP contribution < -0.4 is 21.2 Å². The number of hydrogen-bond donors (Lipinski definition) is 1. The Labute approximate surface area is 97.5 Å². The van der Waals surface area contributed by atoms with Gasteiger partial charge >= 0.3 is 97.5 Å². The second-order valence-corrected chi connectivity index (χ2v) is 7.86. The predicted molar refractivity (Wildman–Crippen MR) is 47.1 cm³/mol. The van der Waals surface area contributed by atoms with Crippen molar-refractivity contribution < 1.29 is 35.1 Å². The molecule has 3 aliphatic rings. The molecule has 2 aliphatic carbocycles. The fraction of sp³-hybridized carbons (Fsp3) is 0.800. The monoisotopic (exact) mass is 324 g/mol. The van der Waals surface area contributed by atoms with Gasteiger partial charge in [-0.15, -0.1) is 0 Å². The Bertz CT molecular complexity index is 335. The first-order valence-electron chi connectivity index (χ1n) is 5.18. The molecule has 0 radical (unpaired) electrons. The summed E-state index contributed by atoms with van der Waals surface area (Å²) in [5.74, 6) is 1.04. The van der Waals surface area contributed by atoms with Gasteiger partial charge in [0.15, 0.2) is 0 Å². The van der Waals surface area contributed by atoms with Crippen LogP contribution in [0.5, 0.6) is 0 Å². The van der Waals surface area contributed by atoms with Crippen molar-refractivity contribution in [2.24, 2.45) is 17.8 Å². The molecule has 0 aromatic heterocycles. The first-order chi connectivity index (χ1) is 7.20. The van der Waals surface area contributed by atoms with Crippen molar-refractivity contribution in [1.29, 1.82) is 5.41 Å². The van der Waals surface area contributed by atoms with E-state index >= 15 is 0 Å². The number of ether oxygens (including phenoxy) is 1. The third-order valence-electron chi connectivity index (χ3n) is 3.76. The molecule has 15 heavy (non-hydrogen) atoms. The Morgan fingerprint density at radius 1 is 1.60 bits per heavy atom. The molecule has 3 rings (SSSR count). The zero-order valence-electron chi connectivity index (χ0n) is 8.08. The van der Waals surface area contributed by atoms with E-state index in [2.05, 4.69) is 0 Å². The van der Waals surface area contributed by atoms with Crippen LogP contribution in [0, 0.1) is 23.2 Å². The van der Waals surface area contributed by atoms with Gasteiger partial charge in [0.2, 0.25) is 0 Å². The molecule has 5 unspecified atom stereocenters. The summed E-state index contributed by atoms with van der Waals surface area (Å²) in [6.45, 7) is -0.620. The minimum atomic E-state index is -0.620. The zero-order chi connectivity index (χ0) is 10.6. The number of carbonyl (C=O) groups is 1. The SMILES string of the molecule is N=C(CF)[I-]C1C2CC3C(=O)OC1C3C2. The maximum atomic E-state index is 12.3. The molecule has 1 heterocycles. The number of esters is 1. The van der Waals surface area contributed by atoms with Crippen LogP contribution in [0.4, 0.5) is 4.39 Å². The van der Waals surface area contributed by atoms with E-state index in [0.29, 0.717) is 15.8 Å². The summed E-state index contributed by atoms with van der Waals surface area (Å²) in [6.07, 6.45) is 2.05. The number of carbonyl (C=O) groups excluding carboxylic acids is 1. The zero-order valence-corrected chi connectivity index (χ0v) is 10.2. The van der Waals surface area contributed by atoms with Gasteiger partial charge in [0, 0.05) is 0 Å². The van der Waals surface area contributed by atoms with E-state index in [-0.39, 0.29) is 21.7 Å². The summed E-state index contributed by atoms with van der Waals surface area (Å²) < 4.78 is 18.3. The van der Waals surface area contributed by atoms with Gasteiger partial charge in [0.05, 0.1) is 0 Å². The fourth-order valence-electron chi connectivity index (χ4n) is 3.22. The molecular formula is C10H12FINO2-. The van der Waals surface area contributed by atoms with Gasteiger partial charge in [-0.25, -0.2) is 0 Å². The topological polar surface area (TPSA) is 50.2 Å². The van der Waals surface area contributed by atoms with Crippen LogP contribution in [0.2, 0.25) is 0 Å². The van der Waals surface area contributed by atoms with E-state index in [1.54, 1.807) is 0 Å². The third kappa shape index (κ3) is 1.34. The Morgan fingerprint density at radius 2 is 2.40 bits per heavy atom. The van der Waals surface area contributed by atoms with Gasteiger partial charge in [0.1, 0.15) is 0 Å². The van der Waals surface area contributed by atoms with Gasteiger partial charge in [-0.3, -0.25) is 0 Å². The molecule has 5 atom stereocenters. The summed E-state index contributed by atoms with van der Waals surface area (Å²) in [5, 5.41) is 7.44. The third-order valence-corrected chi connectivity index (χ3v) is 7.25. The molecule has 0 aromatic carbocycles. The Morgan fingerprint density at radius 3 is 3.13 bits per heavy atom. The average molecular weight is 324 g/mol. The van der Waals surface area contributed by atoms with Crippen molar-refractivity contribution in [3.8, 4) is 0 Å². The molecule has 2 bridgehead atoms. The molecule has 3 fully saturated rings. The summed E-state index contributed by atoms with van der Waals surface area (Å²) in [7, 11) is 0. The second kappa shape index (κ2) is 3.40. The van der Waals surface area contributed by atoms with Crippen LogP contribution in [0.3, 0.4) is 0 Å². The van der Waals surface area contributed by atoms with E-state index in [0.717, 1.165) is 12.8 Å². The molecule has 5 heteroatoms. The Balaban J connectivity index is 1.78. The van der Waals surface area contributed by atoms with Gasteiger partial charge in [-0.2, -0.15) is 0 Å². The number of hydrogen-bond acceptors (Lipinski definition) is 3. The molecule has 2 saturated carbocycles. The first kappa shape index (κ1) is 9.99. The summed E-state index contributed by atoms with van der Waals surface area (Å²) in [6, 6.07) is 0. The maximum absolute atomic E-state index is 12.3. The van der Waals surface area contributed by atoms with Crippen LogP contribution in [0.25, 0.3) is 0 Å². The molecule has 0 aromatic rings. The molecule has 84 valence electrons. The van der Waals surface area contributed by atoms with Gasteiger partial charge < -0.3 is 0 Å². The van der Waals surface area contributed by atoms with Gasteiger partial charge in [0.25, 0.3) is 0 Å². The predicted octanol–water partition coefficient (Wildman–Crippen LogP) is -2.03. The van der Waals surface area contributed by atoms with E-state index < -0.39 is 27.9 Å². The summed E-state index contributed by atoms with van der Waals surface area (Å²) in [4.78, 5) is 11.5. The van der Waals surface area contributed by atoms with Crippen LogP contribution in [-0.4, -0.2) is 26.4 Å². The normalized spacial score (nSPS) is 46.2. The molecule has 1 saturated heterocycles. The van der Waals surface area contributed by atoms with Crippen molar-refractivity contribution in [2.45, 2.75) is 22.9 Å². The van der Waals surface area contributed by atoms with Crippen LogP contribution in [0.15, 0.2) is 0 Å². The van der Waals surface area contributed by atoms with E-state index in [9.17, 15) is 9.18 Å². The van der Waals surface area contributed by atoms with Crippen molar-refractivity contribution in [3.05, 3.63) is 0 Å². The molecule has 3 nitrogen and oxygen atoms in total.